The maximum atomic E-state index is 14.3. The van der Waals surface area contributed by atoms with Gasteiger partial charge in [0.1, 0.15) is 0 Å². The van der Waals surface area contributed by atoms with Gasteiger partial charge in [-0.15, -0.1) is 0 Å². The van der Waals surface area contributed by atoms with Crippen LogP contribution in [0.5, 0.6) is 0 Å². The molecule has 0 aromatic heterocycles. The molecule has 3 aromatic rings. The molecule has 0 aliphatic heterocycles. The predicted molar refractivity (Wildman–Crippen MR) is 120 cm³/mol. The van der Waals surface area contributed by atoms with Crippen LogP contribution in [-0.4, -0.2) is 20.9 Å². The Morgan fingerprint density at radius 2 is 1.06 bits per heavy atom. The smallest absolute Gasteiger partial charge is 0.200 e. The van der Waals surface area contributed by atoms with E-state index in [2.05, 4.69) is 0 Å². The molecule has 0 amide bonds. The van der Waals surface area contributed by atoms with Gasteiger partial charge < -0.3 is 0 Å². The summed E-state index contributed by atoms with van der Waals surface area (Å²) in [7, 11) is -8.55. The molecule has 0 radical (unpaired) electrons. The normalized spacial score (nSPS) is 24.3. The summed E-state index contributed by atoms with van der Waals surface area (Å²) in [5.74, 6) is -1.48. The average Bonchev–Trinajstić information content (AvgIpc) is 3.42. The summed E-state index contributed by atoms with van der Waals surface area (Å²) in [4.78, 5) is 0.0766. The van der Waals surface area contributed by atoms with Gasteiger partial charge in [-0.2, -0.15) is 0 Å². The van der Waals surface area contributed by atoms with Crippen molar-refractivity contribution in [3.05, 3.63) is 109 Å². The van der Waals surface area contributed by atoms with Crippen LogP contribution in [0, 0.1) is 11.8 Å². The number of hydrogen-bond acceptors (Lipinski definition) is 4. The topological polar surface area (TPSA) is 68.3 Å². The van der Waals surface area contributed by atoms with E-state index in [9.17, 15) is 16.8 Å². The second-order valence-electron chi connectivity index (χ2n) is 8.13. The van der Waals surface area contributed by atoms with Gasteiger partial charge >= 0.3 is 0 Å². The molecule has 1 saturated carbocycles. The Morgan fingerprint density at radius 3 is 1.55 bits per heavy atom. The fourth-order valence-electron chi connectivity index (χ4n) is 5.39. The molecular formula is C25H22O4S2. The standard InChI is InChI=1S/C25H22O4S2/c26-30(27,22-12-6-2-7-13-22)25(31(28,29)23-14-8-3-9-15-23)21-17-16-20(18-21)24(25)19-10-4-1-5-11-19/h1-17,20-21,24H,18H2/t20-,21+,24+/m0/s1. The summed E-state index contributed by atoms with van der Waals surface area (Å²) in [6.07, 6.45) is 4.28. The molecule has 0 N–H and O–H groups in total. The molecule has 1 fully saturated rings. The molecule has 3 atom stereocenters. The number of hydrogen-bond donors (Lipinski definition) is 0. The van der Waals surface area contributed by atoms with Crippen molar-refractivity contribution in [1.29, 1.82) is 0 Å². The van der Waals surface area contributed by atoms with Gasteiger partial charge in [-0.3, -0.25) is 0 Å². The minimum Gasteiger partial charge on any atom is -0.222 e. The quantitative estimate of drug-likeness (QED) is 0.532. The van der Waals surface area contributed by atoms with Crippen LogP contribution in [0.4, 0.5) is 0 Å². The number of fused-ring (bicyclic) bond motifs is 2. The Kier molecular flexibility index (Phi) is 4.68. The summed E-state index contributed by atoms with van der Waals surface area (Å²) in [5, 5.41) is 0. The van der Waals surface area contributed by atoms with Crippen molar-refractivity contribution in [3.8, 4) is 0 Å². The maximum Gasteiger partial charge on any atom is 0.200 e. The first-order valence-corrected chi connectivity index (χ1v) is 13.2. The molecule has 4 nitrogen and oxygen atoms in total. The van der Waals surface area contributed by atoms with E-state index in [1.165, 1.54) is 24.3 Å². The summed E-state index contributed by atoms with van der Waals surface area (Å²) < 4.78 is 55.3. The van der Waals surface area contributed by atoms with Crippen molar-refractivity contribution in [2.24, 2.45) is 11.8 Å². The molecule has 0 unspecified atom stereocenters. The van der Waals surface area contributed by atoms with E-state index in [1.807, 2.05) is 36.4 Å². The minimum absolute atomic E-state index is 0.0383. The van der Waals surface area contributed by atoms with Gasteiger partial charge in [-0.05, 0) is 42.2 Å². The van der Waals surface area contributed by atoms with Crippen LogP contribution in [0.1, 0.15) is 17.9 Å². The van der Waals surface area contributed by atoms with Crippen molar-refractivity contribution in [2.75, 3.05) is 0 Å². The van der Waals surface area contributed by atoms with E-state index >= 15 is 0 Å². The molecule has 158 valence electrons. The lowest BCUT2D eigenvalue weighted by molar-refractivity contribution is 0.474. The molecule has 5 rings (SSSR count). The first-order valence-electron chi connectivity index (χ1n) is 10.2. The highest BCUT2D eigenvalue weighted by molar-refractivity contribution is 8.10. The van der Waals surface area contributed by atoms with Crippen LogP contribution in [-0.2, 0) is 19.7 Å². The lowest BCUT2D eigenvalue weighted by Gasteiger charge is -2.40. The van der Waals surface area contributed by atoms with Crippen molar-refractivity contribution < 1.29 is 16.8 Å². The third-order valence-electron chi connectivity index (χ3n) is 6.60. The van der Waals surface area contributed by atoms with Crippen molar-refractivity contribution in [1.82, 2.24) is 0 Å². The number of benzene rings is 3. The van der Waals surface area contributed by atoms with Crippen molar-refractivity contribution >= 4 is 19.7 Å². The highest BCUT2D eigenvalue weighted by Gasteiger charge is 2.71. The molecule has 2 bridgehead atoms. The fraction of sp³-hybridized carbons (Fsp3) is 0.200. The SMILES string of the molecule is O=S(=O)(c1ccccc1)C1(S(=O)(=O)c2ccccc2)[C@@H]2C=C[C@@H](C2)[C@H]1c1ccccc1. The van der Waals surface area contributed by atoms with Gasteiger partial charge in [-0.1, -0.05) is 78.9 Å². The molecular weight excluding hydrogens is 428 g/mol. The van der Waals surface area contributed by atoms with Crippen LogP contribution in [0.3, 0.4) is 0 Å². The Bertz CT molecular complexity index is 1260. The zero-order chi connectivity index (χ0) is 21.7. The van der Waals surface area contributed by atoms with Crippen LogP contribution < -0.4 is 0 Å². The Hall–Kier alpha value is -2.70. The molecule has 0 saturated heterocycles. The third-order valence-corrected chi connectivity index (χ3v) is 12.5. The monoisotopic (exact) mass is 450 g/mol. The highest BCUT2D eigenvalue weighted by atomic mass is 32.3. The fourth-order valence-corrected chi connectivity index (χ4v) is 11.3. The predicted octanol–water partition coefficient (Wildman–Crippen LogP) is 4.62. The molecule has 2 aliphatic carbocycles. The Labute approximate surface area is 183 Å². The van der Waals surface area contributed by atoms with Gasteiger partial charge in [0.2, 0.25) is 0 Å². The van der Waals surface area contributed by atoms with Crippen molar-refractivity contribution in [2.45, 2.75) is 26.2 Å². The van der Waals surface area contributed by atoms with E-state index in [4.69, 9.17) is 0 Å². The van der Waals surface area contributed by atoms with E-state index in [-0.39, 0.29) is 15.7 Å². The lowest BCUT2D eigenvalue weighted by Crippen LogP contribution is -2.54. The zero-order valence-electron chi connectivity index (χ0n) is 16.7. The summed E-state index contributed by atoms with van der Waals surface area (Å²) in [6, 6.07) is 25.2. The van der Waals surface area contributed by atoms with Gasteiger partial charge in [0.05, 0.1) is 9.79 Å². The Morgan fingerprint density at radius 1 is 0.613 bits per heavy atom. The van der Waals surface area contributed by atoms with E-state index in [1.54, 1.807) is 42.5 Å². The number of rotatable bonds is 5. The van der Waals surface area contributed by atoms with Crippen LogP contribution in [0.15, 0.2) is 113 Å². The third kappa shape index (κ3) is 2.71. The van der Waals surface area contributed by atoms with E-state index < -0.39 is 35.6 Å². The van der Waals surface area contributed by atoms with E-state index in [0.29, 0.717) is 6.42 Å². The van der Waals surface area contributed by atoms with Crippen molar-refractivity contribution in [3.63, 3.8) is 0 Å². The zero-order valence-corrected chi connectivity index (χ0v) is 18.3. The first-order chi connectivity index (χ1) is 14.9. The minimum atomic E-state index is -4.27. The Balaban J connectivity index is 1.88. The first kappa shape index (κ1) is 20.2. The van der Waals surface area contributed by atoms with Gasteiger partial charge in [0.25, 0.3) is 0 Å². The number of sulfone groups is 2. The molecule has 31 heavy (non-hydrogen) atoms. The second kappa shape index (κ2) is 7.18. The van der Waals surface area contributed by atoms with Gasteiger partial charge in [0.15, 0.2) is 23.8 Å². The summed E-state index contributed by atoms with van der Waals surface area (Å²) in [5.41, 5.74) is 0.735. The summed E-state index contributed by atoms with van der Waals surface area (Å²) >= 11 is 0. The number of allylic oxidation sites excluding steroid dienone is 2. The van der Waals surface area contributed by atoms with Gasteiger partial charge in [0, 0.05) is 11.8 Å². The van der Waals surface area contributed by atoms with E-state index in [0.717, 1.165) is 5.56 Å². The molecule has 2 aliphatic rings. The average molecular weight is 451 g/mol. The lowest BCUT2D eigenvalue weighted by atomic mass is 9.86. The second-order valence-corrected chi connectivity index (χ2v) is 12.7. The van der Waals surface area contributed by atoms with Gasteiger partial charge in [-0.25, -0.2) is 16.8 Å². The van der Waals surface area contributed by atoms with Crippen LogP contribution in [0.2, 0.25) is 0 Å². The van der Waals surface area contributed by atoms with Crippen LogP contribution >= 0.6 is 0 Å². The highest BCUT2D eigenvalue weighted by Crippen LogP contribution is 2.63. The molecule has 0 heterocycles. The molecule has 6 heteroatoms. The summed E-state index contributed by atoms with van der Waals surface area (Å²) in [6.45, 7) is 0. The maximum absolute atomic E-state index is 14.3. The largest absolute Gasteiger partial charge is 0.222 e. The molecule has 0 spiro atoms. The van der Waals surface area contributed by atoms with Crippen LogP contribution in [0.25, 0.3) is 0 Å². The molecule has 3 aromatic carbocycles.